The Hall–Kier alpha value is -3.45. The van der Waals surface area contributed by atoms with Gasteiger partial charge in [0.15, 0.2) is 34.8 Å². The number of nitrogens with two attached hydrogens (primary N) is 1. The first kappa shape index (κ1) is 83.6. The predicted molar refractivity (Wildman–Crippen MR) is 436 cm³/mol. The fraction of sp³-hybridized carbons (Fsp3) is 0.350. The molecule has 12 rings (SSSR count). The number of carbonyl (C=O) groups excluding carboxylic acids is 1. The topological polar surface area (TPSA) is 355 Å². The number of ether oxygens (including phenoxy) is 7. The first-order valence-electron chi connectivity index (χ1n) is 31.6. The lowest BCUT2D eigenvalue weighted by atomic mass is 9.08. The van der Waals surface area contributed by atoms with Crippen LogP contribution in [0.4, 0.5) is 11.9 Å². The molecule has 3 aliphatic heterocycles. The fourth-order valence-corrected chi connectivity index (χ4v) is 108. The summed E-state index contributed by atoms with van der Waals surface area (Å²) in [5, 5.41) is 40.0. The summed E-state index contributed by atoms with van der Waals surface area (Å²) < 4.78 is 69.0. The van der Waals surface area contributed by atoms with Gasteiger partial charge in [0.2, 0.25) is 11.9 Å². The number of rotatable bonds is 23. The number of aliphatic hydroxyl groups excluding tert-OH is 3. The van der Waals surface area contributed by atoms with E-state index in [1.807, 2.05) is 103 Å². The fourth-order valence-electron chi connectivity index (χ4n) is 11.5. The van der Waals surface area contributed by atoms with Crippen molar-refractivity contribution in [3.05, 3.63) is 177 Å². The van der Waals surface area contributed by atoms with Gasteiger partial charge in [-0.05, 0) is 103 Å². The zero-order valence-corrected chi connectivity index (χ0v) is 69.1. The highest BCUT2D eigenvalue weighted by Crippen LogP contribution is 3.12. The van der Waals surface area contributed by atoms with E-state index >= 15 is 0 Å². The molecule has 9 N–H and O–H groups in total. The number of anilines is 2. The van der Waals surface area contributed by atoms with Gasteiger partial charge >= 0.3 is 13.7 Å². The molecule has 0 aliphatic carbocycles. The van der Waals surface area contributed by atoms with Crippen LogP contribution in [0.25, 0.3) is 33.1 Å². The van der Waals surface area contributed by atoms with Crippen molar-refractivity contribution in [3.8, 4) is 11.5 Å². The molecule has 3 aliphatic rings. The average molecular weight is 1630 g/mol. The van der Waals surface area contributed by atoms with Crippen molar-refractivity contribution in [3.63, 3.8) is 0 Å². The summed E-state index contributed by atoms with van der Waals surface area (Å²) in [4.78, 5) is 60.9. The number of nitrogens with one attached hydrogen (secondary N) is 4. The highest BCUT2D eigenvalue weighted by atomic mass is 33.2. The molecule has 9 aromatic rings. The van der Waals surface area contributed by atoms with E-state index in [1.165, 1.54) is 38.2 Å². The number of nitrogen functional groups attached to an aromatic ring is 1. The van der Waals surface area contributed by atoms with Crippen molar-refractivity contribution in [2.24, 2.45) is 0 Å². The van der Waals surface area contributed by atoms with Crippen LogP contribution in [0.15, 0.2) is 150 Å². The highest BCUT2D eigenvalue weighted by molar-refractivity contribution is 9.18. The minimum atomic E-state index is -4.40. The maximum Gasteiger partial charge on any atom is 0.459 e. The Bertz CT molecular complexity index is 4410. The monoisotopic (exact) mass is 1630 g/mol. The van der Waals surface area contributed by atoms with Crippen molar-refractivity contribution in [1.82, 2.24) is 44.1 Å². The Balaban J connectivity index is 0.000000200. The van der Waals surface area contributed by atoms with Gasteiger partial charge in [0, 0.05) is 42.1 Å². The molecule has 3 saturated heterocycles. The van der Waals surface area contributed by atoms with E-state index < -0.39 is 117 Å². The van der Waals surface area contributed by atoms with Crippen LogP contribution < -0.4 is 36.5 Å². The van der Waals surface area contributed by atoms with E-state index in [-0.39, 0.29) is 67.9 Å². The van der Waals surface area contributed by atoms with Gasteiger partial charge in [-0.1, -0.05) is 117 Å². The summed E-state index contributed by atoms with van der Waals surface area (Å²) >= 11 is 0. The van der Waals surface area contributed by atoms with Crippen LogP contribution in [0, 0.1) is 0 Å². The molecule has 103 heavy (non-hydrogen) atoms. The molecule has 0 saturated carbocycles. The standard InChI is InChI=1S/C33H33N5O7.C27H33N6O9P.B4.H13P11/c1-19(39)25-26-27(45-32(42-3)44-26)30(43-25)38-18-34-24-28(38)35-31(36-29(24)40)37-33(20-10-6-4-7-11-20,21-12-8-5-9-13-21)22-14-16-23(41-2)17-15-22;1-13(2)39-26(37)14(3)32-43(38,42-18-11-7-9-16-8-5-6-10-17(16)18)41-15(4)22-20(34)21(35)25(40-22)33-12-29-19-23(33)30-27(28)31-24(19)36;1-4(2)3;1-7-10(6)11(8(2)3)9(4)5/h4-19,25-27,30,32,39H,1-3H3,(H2,35,36,37,40);5-15,20-22,25,34-35H,1-4H3,(H,32,38)(H3,28,30,31,36);;7H,1-6H2/t19-,25+,26+,27+,30+,32?;14-,15-,20-,21+,22+,25+,43?;;/m00../s1. The Morgan fingerprint density at radius 3 is 1.82 bits per heavy atom. The first-order chi connectivity index (χ1) is 49.0. The summed E-state index contributed by atoms with van der Waals surface area (Å²) in [5.41, 5.74) is 6.76. The van der Waals surface area contributed by atoms with Crippen molar-refractivity contribution in [2.75, 3.05) is 25.3 Å². The number of methoxy groups -OCH3 is 2. The van der Waals surface area contributed by atoms with Crippen molar-refractivity contribution >= 4 is 178 Å². The molecule has 3 fully saturated rings. The lowest BCUT2D eigenvalue weighted by molar-refractivity contribution is -0.259. The Morgan fingerprint density at radius 2 is 1.26 bits per heavy atom. The molecule has 0 bridgehead atoms. The Morgan fingerprint density at radius 1 is 0.728 bits per heavy atom. The van der Waals surface area contributed by atoms with Crippen LogP contribution in [0.5, 0.6) is 11.5 Å². The second kappa shape index (κ2) is 37.8. The molecule has 5 aromatic carbocycles. The number of esters is 1. The molecule has 6 radical (unpaired) electrons. The largest absolute Gasteiger partial charge is 0.497 e. The number of hydrogen-bond donors (Lipinski definition) is 8. The van der Waals surface area contributed by atoms with E-state index in [0.29, 0.717) is 11.1 Å². The number of imidazole rings is 2. The molecule has 27 nitrogen and oxygen atoms in total. The van der Waals surface area contributed by atoms with E-state index in [2.05, 4.69) is 112 Å². The second-order valence-corrected chi connectivity index (χ2v) is 64.3. The Labute approximate surface area is 619 Å². The Kier molecular flexibility index (Phi) is 30.7. The van der Waals surface area contributed by atoms with Gasteiger partial charge in [-0.25, -0.2) is 14.5 Å². The van der Waals surface area contributed by atoms with Crippen LogP contribution in [-0.2, 0) is 47.8 Å². The van der Waals surface area contributed by atoms with Crippen LogP contribution >= 0.6 is 97.2 Å². The molecule has 0 spiro atoms. The minimum absolute atomic E-state index is 0.0239. The molecule has 0 amide bonds. The number of nitrogens with zero attached hydrogens (tertiary/aromatic N) is 6. The normalized spacial score (nSPS) is 22.0. The van der Waals surface area contributed by atoms with E-state index in [9.17, 15) is 34.3 Å². The van der Waals surface area contributed by atoms with Crippen LogP contribution in [0.3, 0.4) is 0 Å². The predicted octanol–water partition coefficient (Wildman–Crippen LogP) is 9.99. The van der Waals surface area contributed by atoms with Crippen molar-refractivity contribution in [2.45, 2.75) is 120 Å². The van der Waals surface area contributed by atoms with Crippen molar-refractivity contribution in [1.29, 1.82) is 0 Å². The summed E-state index contributed by atoms with van der Waals surface area (Å²) in [7, 11) is 31.6. The molecular formula is C60H79B4N11O16P12. The van der Waals surface area contributed by atoms with E-state index in [1.54, 1.807) is 56.7 Å². The van der Waals surface area contributed by atoms with Gasteiger partial charge in [0.25, 0.3) is 17.6 Å². The van der Waals surface area contributed by atoms with Crippen LogP contribution in [-0.4, -0.2) is 172 Å². The van der Waals surface area contributed by atoms with E-state index in [0.717, 1.165) is 30.0 Å². The summed E-state index contributed by atoms with van der Waals surface area (Å²) in [6.45, 7) is 7.74. The van der Waals surface area contributed by atoms with Gasteiger partial charge in [-0.3, -0.25) is 38.0 Å². The van der Waals surface area contributed by atoms with Crippen LogP contribution in [0.2, 0.25) is 0 Å². The van der Waals surface area contributed by atoms with Crippen LogP contribution in [0.1, 0.15) is 63.8 Å². The average Bonchev–Trinajstić information content (AvgIpc) is 1.70. The number of carbonyl (C=O) groups is 1. The molecule has 43 heteroatoms. The highest BCUT2D eigenvalue weighted by Gasteiger charge is 2.56. The second-order valence-electron chi connectivity index (χ2n) is 23.6. The summed E-state index contributed by atoms with van der Waals surface area (Å²) in [5.74, 6) is 0.273. The number of aromatic nitrogens is 8. The maximum atomic E-state index is 14.3. The first-order valence-corrected chi connectivity index (χ1v) is 52.3. The number of benzene rings is 5. The van der Waals surface area contributed by atoms with Gasteiger partial charge in [-0.15, -0.1) is 53.6 Å². The third kappa shape index (κ3) is 20.1. The maximum absolute atomic E-state index is 14.3. The SMILES string of the molecule is CC(C)OC(=O)[C@H](C)NP(=O)(Oc1cccc2ccccc12)O[C@@H](C)[C@H]1O[C@@H](n2cnc3c(=O)[nH]c(N)nc32)[C@H](O)[C@@H]1O.COc1ccc(C(Nc2nc3c(ncn3[C@@H]3O[C@H]([C@H](C)O)[C@H]4OC(OC)O[C@H]43)c(=O)[nH]2)(c2ccccc2)c2ccccc2)cc1.PPP(P)P(P(P)P)P(P)P.[B]B([B])[B]. The molecular weight excluding hydrogens is 1550 g/mol. The molecule has 10 unspecified atom stereocenters. The number of H-pyrrole nitrogens is 2. The van der Waals surface area contributed by atoms with Gasteiger partial charge in [0.05, 0.1) is 38.1 Å². The summed E-state index contributed by atoms with van der Waals surface area (Å²) in [6, 6.07) is 39.0. The smallest absolute Gasteiger partial charge is 0.459 e. The third-order valence-electron chi connectivity index (χ3n) is 15.9. The number of hydrogen-bond acceptors (Lipinski definition) is 22. The van der Waals surface area contributed by atoms with Gasteiger partial charge < -0.3 is 64.1 Å². The zero-order chi connectivity index (χ0) is 74.8. The molecule has 4 aromatic heterocycles. The third-order valence-corrected chi connectivity index (χ3v) is 76.7. The number of aromatic amines is 2. The van der Waals surface area contributed by atoms with Gasteiger partial charge in [0.1, 0.15) is 59.7 Å². The van der Waals surface area contributed by atoms with Gasteiger partial charge in [-0.2, -0.15) is 15.1 Å². The lowest BCUT2D eigenvalue weighted by Crippen LogP contribution is -2.41. The summed E-state index contributed by atoms with van der Waals surface area (Å²) in [6.07, 6.45) is -8.71. The minimum Gasteiger partial charge on any atom is -0.497 e. The number of fused-ring (bicyclic) bond motifs is 4. The zero-order valence-electron chi connectivity index (χ0n) is 56.7. The molecule has 542 valence electrons. The van der Waals surface area contributed by atoms with E-state index in [4.69, 9.17) is 52.9 Å². The quantitative estimate of drug-likeness (QED) is 0.0128. The number of aliphatic hydroxyl groups is 3. The van der Waals surface area contributed by atoms with Crippen molar-refractivity contribution < 1.29 is 66.9 Å². The molecule has 7 heterocycles. The molecule has 21 atom stereocenters. The lowest BCUT2D eigenvalue weighted by Gasteiger charge is -2.37.